The van der Waals surface area contributed by atoms with E-state index < -0.39 is 0 Å². The fourth-order valence-corrected chi connectivity index (χ4v) is 2.65. The molecule has 14 heavy (non-hydrogen) atoms. The van der Waals surface area contributed by atoms with Crippen molar-refractivity contribution in [2.24, 2.45) is 0 Å². The van der Waals surface area contributed by atoms with Gasteiger partial charge in [-0.1, -0.05) is 6.07 Å². The first-order chi connectivity index (χ1) is 6.77. The Morgan fingerprint density at radius 3 is 2.93 bits per heavy atom. The van der Waals surface area contributed by atoms with Crippen LogP contribution in [0.4, 0.5) is 0 Å². The predicted molar refractivity (Wildman–Crippen MR) is 65.7 cm³/mol. The third-order valence-corrected chi connectivity index (χ3v) is 3.68. The summed E-state index contributed by atoms with van der Waals surface area (Å²) in [5.74, 6) is 0. The Morgan fingerprint density at radius 1 is 1.43 bits per heavy atom. The molecule has 0 N–H and O–H groups in total. The van der Waals surface area contributed by atoms with Gasteiger partial charge in [0.2, 0.25) is 5.28 Å². The van der Waals surface area contributed by atoms with E-state index >= 15 is 0 Å². The average molecular weight is 319 g/mol. The molecule has 0 aliphatic heterocycles. The summed E-state index contributed by atoms with van der Waals surface area (Å²) in [4.78, 5) is 4.39. The number of hydrogen-bond donors (Lipinski definition) is 0. The van der Waals surface area contributed by atoms with Crippen molar-refractivity contribution in [2.75, 3.05) is 0 Å². The Labute approximate surface area is 100 Å². The number of imidazole rings is 1. The minimum Gasteiger partial charge on any atom is -0.311 e. The summed E-state index contributed by atoms with van der Waals surface area (Å²) < 4.78 is 3.32. The van der Waals surface area contributed by atoms with Crippen LogP contribution in [0, 0.1) is 3.57 Å². The molecule has 1 saturated carbocycles. The van der Waals surface area contributed by atoms with E-state index in [0.29, 0.717) is 11.3 Å². The summed E-state index contributed by atoms with van der Waals surface area (Å²) >= 11 is 8.42. The van der Waals surface area contributed by atoms with E-state index in [1.807, 2.05) is 0 Å². The van der Waals surface area contributed by atoms with Crippen molar-refractivity contribution in [1.29, 1.82) is 0 Å². The van der Waals surface area contributed by atoms with Crippen LogP contribution in [0.5, 0.6) is 0 Å². The molecule has 1 fully saturated rings. The molecule has 72 valence electrons. The lowest BCUT2D eigenvalue weighted by Gasteiger charge is -2.01. The summed E-state index contributed by atoms with van der Waals surface area (Å²) in [7, 11) is 0. The first kappa shape index (κ1) is 8.97. The van der Waals surface area contributed by atoms with E-state index in [1.54, 1.807) is 0 Å². The van der Waals surface area contributed by atoms with Crippen LogP contribution in [-0.4, -0.2) is 9.55 Å². The van der Waals surface area contributed by atoms with Gasteiger partial charge in [-0.15, -0.1) is 0 Å². The van der Waals surface area contributed by atoms with Crippen molar-refractivity contribution in [3.8, 4) is 0 Å². The number of nitrogens with zero attached hydrogens (tertiary/aromatic N) is 2. The maximum atomic E-state index is 6.12. The van der Waals surface area contributed by atoms with E-state index in [-0.39, 0.29) is 0 Å². The lowest BCUT2D eigenvalue weighted by atomic mass is 10.3. The molecule has 2 nitrogen and oxygen atoms in total. The Morgan fingerprint density at radius 2 is 2.21 bits per heavy atom. The quantitative estimate of drug-likeness (QED) is 0.734. The summed E-state index contributed by atoms with van der Waals surface area (Å²) in [6.45, 7) is 0. The van der Waals surface area contributed by atoms with Crippen molar-refractivity contribution >= 4 is 45.2 Å². The van der Waals surface area contributed by atoms with Gasteiger partial charge in [-0.25, -0.2) is 4.98 Å². The molecular weight excluding hydrogens is 310 g/mol. The maximum Gasteiger partial charge on any atom is 0.204 e. The van der Waals surface area contributed by atoms with Crippen molar-refractivity contribution in [1.82, 2.24) is 9.55 Å². The third kappa shape index (κ3) is 1.26. The zero-order chi connectivity index (χ0) is 9.71. The monoisotopic (exact) mass is 318 g/mol. The van der Waals surface area contributed by atoms with Crippen LogP contribution < -0.4 is 0 Å². The topological polar surface area (TPSA) is 17.8 Å². The van der Waals surface area contributed by atoms with E-state index in [9.17, 15) is 0 Å². The van der Waals surface area contributed by atoms with Gasteiger partial charge in [0, 0.05) is 9.61 Å². The molecule has 0 bridgehead atoms. The summed E-state index contributed by atoms with van der Waals surface area (Å²) in [5, 5.41) is 0.631. The van der Waals surface area contributed by atoms with E-state index in [4.69, 9.17) is 11.6 Å². The van der Waals surface area contributed by atoms with Gasteiger partial charge in [0.1, 0.15) is 5.52 Å². The molecule has 0 radical (unpaired) electrons. The number of halogens is 2. The summed E-state index contributed by atoms with van der Waals surface area (Å²) in [5.41, 5.74) is 2.20. The first-order valence-corrected chi connectivity index (χ1v) is 6.05. The van der Waals surface area contributed by atoms with Crippen molar-refractivity contribution < 1.29 is 0 Å². The lowest BCUT2D eigenvalue weighted by molar-refractivity contribution is 0.767. The molecule has 4 heteroatoms. The SMILES string of the molecule is Clc1nc2c(I)cccc2n1C1CC1. The molecule has 0 spiro atoms. The smallest absolute Gasteiger partial charge is 0.204 e. The van der Waals surface area contributed by atoms with Gasteiger partial charge < -0.3 is 4.57 Å². The second-order valence-corrected chi connectivity index (χ2v) is 5.09. The second-order valence-electron chi connectivity index (χ2n) is 3.59. The molecule has 0 amide bonds. The number of hydrogen-bond acceptors (Lipinski definition) is 1. The van der Waals surface area contributed by atoms with Crippen LogP contribution in [0.3, 0.4) is 0 Å². The Bertz CT molecular complexity index is 502. The highest BCUT2D eigenvalue weighted by Crippen LogP contribution is 2.40. The molecule has 1 aliphatic carbocycles. The Balaban J connectivity index is 2.37. The van der Waals surface area contributed by atoms with Crippen molar-refractivity contribution in [3.63, 3.8) is 0 Å². The van der Waals surface area contributed by atoms with Crippen LogP contribution in [0.1, 0.15) is 18.9 Å². The van der Waals surface area contributed by atoms with Crippen LogP contribution in [0.25, 0.3) is 11.0 Å². The molecule has 1 aliphatic rings. The van der Waals surface area contributed by atoms with Gasteiger partial charge in [0.25, 0.3) is 0 Å². The van der Waals surface area contributed by atoms with Gasteiger partial charge >= 0.3 is 0 Å². The number of para-hydroxylation sites is 1. The van der Waals surface area contributed by atoms with Gasteiger partial charge in [-0.2, -0.15) is 0 Å². The molecule has 1 heterocycles. The number of fused-ring (bicyclic) bond motifs is 1. The summed E-state index contributed by atoms with van der Waals surface area (Å²) in [6, 6.07) is 6.80. The van der Waals surface area contributed by atoms with E-state index in [0.717, 1.165) is 5.52 Å². The average Bonchev–Trinajstić information content (AvgIpc) is 2.91. The maximum absolute atomic E-state index is 6.12. The lowest BCUT2D eigenvalue weighted by Crippen LogP contribution is -1.92. The van der Waals surface area contributed by atoms with Gasteiger partial charge in [0.05, 0.1) is 5.52 Å². The van der Waals surface area contributed by atoms with E-state index in [2.05, 4.69) is 50.3 Å². The highest BCUT2D eigenvalue weighted by molar-refractivity contribution is 14.1. The standard InChI is InChI=1S/C10H8ClIN2/c11-10-13-9-7(12)2-1-3-8(9)14(10)6-4-5-6/h1-3,6H,4-5H2. The van der Waals surface area contributed by atoms with Crippen LogP contribution in [0.2, 0.25) is 5.28 Å². The molecule has 0 saturated heterocycles. The molecule has 0 atom stereocenters. The Kier molecular flexibility index (Phi) is 1.99. The number of benzene rings is 1. The molecule has 1 aromatic heterocycles. The molecular formula is C10H8ClIN2. The zero-order valence-corrected chi connectivity index (χ0v) is 10.3. The minimum atomic E-state index is 0.589. The van der Waals surface area contributed by atoms with E-state index in [1.165, 1.54) is 21.9 Å². The fourth-order valence-electron chi connectivity index (χ4n) is 1.73. The highest BCUT2D eigenvalue weighted by Gasteiger charge is 2.27. The zero-order valence-electron chi connectivity index (χ0n) is 7.37. The molecule has 1 aromatic carbocycles. The summed E-state index contributed by atoms with van der Waals surface area (Å²) in [6.07, 6.45) is 2.47. The van der Waals surface area contributed by atoms with Crippen LogP contribution >= 0.6 is 34.2 Å². The second kappa shape index (κ2) is 3.10. The van der Waals surface area contributed by atoms with Crippen LogP contribution in [-0.2, 0) is 0 Å². The van der Waals surface area contributed by atoms with Gasteiger partial charge in [0.15, 0.2) is 0 Å². The molecule has 2 aromatic rings. The van der Waals surface area contributed by atoms with Crippen molar-refractivity contribution in [2.45, 2.75) is 18.9 Å². The molecule has 0 unspecified atom stereocenters. The molecule has 3 rings (SSSR count). The van der Waals surface area contributed by atoms with Crippen LogP contribution in [0.15, 0.2) is 18.2 Å². The highest BCUT2D eigenvalue weighted by atomic mass is 127. The fraction of sp³-hybridized carbons (Fsp3) is 0.300. The van der Waals surface area contributed by atoms with Crippen molar-refractivity contribution in [3.05, 3.63) is 27.1 Å². The first-order valence-electron chi connectivity index (χ1n) is 4.59. The predicted octanol–water partition coefficient (Wildman–Crippen LogP) is 3.63. The Hall–Kier alpha value is -0.290. The minimum absolute atomic E-state index is 0.589. The third-order valence-electron chi connectivity index (χ3n) is 2.54. The normalized spacial score (nSPS) is 16.4. The van der Waals surface area contributed by atoms with Gasteiger partial charge in [-0.05, 0) is 59.2 Å². The number of aromatic nitrogens is 2. The van der Waals surface area contributed by atoms with Gasteiger partial charge in [-0.3, -0.25) is 0 Å². The largest absolute Gasteiger partial charge is 0.311 e. The number of rotatable bonds is 1.